The minimum atomic E-state index is -0.177. The summed E-state index contributed by atoms with van der Waals surface area (Å²) in [4.78, 5) is 11.8. The number of nitrogens with one attached hydrogen (secondary N) is 1. The predicted octanol–water partition coefficient (Wildman–Crippen LogP) is 2.33. The number of benzene rings is 1. The van der Waals surface area contributed by atoms with Crippen molar-refractivity contribution in [2.24, 2.45) is 0 Å². The van der Waals surface area contributed by atoms with Crippen LogP contribution >= 0.6 is 15.9 Å². The average Bonchev–Trinajstić information content (AvgIpc) is 2.40. The van der Waals surface area contributed by atoms with Gasteiger partial charge in [-0.25, -0.2) is 0 Å². The van der Waals surface area contributed by atoms with Gasteiger partial charge in [0, 0.05) is 23.0 Å². The van der Waals surface area contributed by atoms with Crippen LogP contribution in [-0.2, 0) is 9.47 Å². The normalized spacial score (nSPS) is 16.5. The molecule has 1 aromatic rings. The lowest BCUT2D eigenvalue weighted by molar-refractivity contribution is -0.180. The first kappa shape index (κ1) is 13.5. The molecule has 0 bridgehead atoms. The van der Waals surface area contributed by atoms with Crippen LogP contribution in [0.1, 0.15) is 23.2 Å². The molecule has 1 N–H and O–H groups in total. The van der Waals surface area contributed by atoms with Crippen molar-refractivity contribution in [2.75, 3.05) is 19.8 Å². The van der Waals surface area contributed by atoms with Crippen LogP contribution in [-0.4, -0.2) is 32.0 Å². The highest BCUT2D eigenvalue weighted by Gasteiger charge is 2.14. The number of carbonyl (C=O) groups is 1. The summed E-state index contributed by atoms with van der Waals surface area (Å²) in [5, 5.41) is 2.85. The number of carbonyl (C=O) groups excluding carboxylic acids is 1. The van der Waals surface area contributed by atoms with Gasteiger partial charge in [-0.2, -0.15) is 0 Å². The average molecular weight is 314 g/mol. The van der Waals surface area contributed by atoms with Gasteiger partial charge in [-0.3, -0.25) is 4.79 Å². The standard InChI is InChI=1S/C13H16BrNO3/c14-11-4-2-10(3-5-11)13(16)15-7-6-12-17-8-1-9-18-12/h2-5,12H,1,6-9H2,(H,15,16). The Labute approximate surface area is 115 Å². The predicted molar refractivity (Wildman–Crippen MR) is 71.4 cm³/mol. The van der Waals surface area contributed by atoms with Gasteiger partial charge in [0.25, 0.3) is 5.91 Å². The van der Waals surface area contributed by atoms with Gasteiger partial charge >= 0.3 is 0 Å². The summed E-state index contributed by atoms with van der Waals surface area (Å²) in [7, 11) is 0. The van der Waals surface area contributed by atoms with Crippen LogP contribution in [0.25, 0.3) is 0 Å². The smallest absolute Gasteiger partial charge is 0.251 e. The molecule has 0 atom stereocenters. The third-order valence-electron chi connectivity index (χ3n) is 2.67. The first-order valence-electron chi connectivity index (χ1n) is 6.03. The van der Waals surface area contributed by atoms with E-state index < -0.39 is 0 Å². The van der Waals surface area contributed by atoms with Gasteiger partial charge in [0.15, 0.2) is 6.29 Å². The molecule has 0 spiro atoms. The molecule has 1 aromatic carbocycles. The molecule has 1 aliphatic rings. The van der Waals surface area contributed by atoms with E-state index in [1.807, 2.05) is 12.1 Å². The Balaban J connectivity index is 1.72. The summed E-state index contributed by atoms with van der Waals surface area (Å²) in [5.41, 5.74) is 0.656. The van der Waals surface area contributed by atoms with Crippen molar-refractivity contribution in [1.29, 1.82) is 0 Å². The summed E-state index contributed by atoms with van der Waals surface area (Å²) in [5.74, 6) is -0.0710. The highest BCUT2D eigenvalue weighted by Crippen LogP contribution is 2.11. The van der Waals surface area contributed by atoms with Crippen LogP contribution in [0.4, 0.5) is 0 Å². The number of ether oxygens (including phenoxy) is 2. The number of rotatable bonds is 4. The number of hydrogen-bond acceptors (Lipinski definition) is 3. The van der Waals surface area contributed by atoms with Crippen LogP contribution in [0.15, 0.2) is 28.7 Å². The fourth-order valence-corrected chi connectivity index (χ4v) is 1.97. The van der Waals surface area contributed by atoms with Crippen molar-refractivity contribution >= 4 is 21.8 Å². The van der Waals surface area contributed by atoms with E-state index in [0.29, 0.717) is 18.5 Å². The molecule has 18 heavy (non-hydrogen) atoms. The second-order valence-electron chi connectivity index (χ2n) is 4.08. The van der Waals surface area contributed by atoms with Crippen LogP contribution in [0.2, 0.25) is 0 Å². The second-order valence-corrected chi connectivity index (χ2v) is 4.99. The topological polar surface area (TPSA) is 47.6 Å². The largest absolute Gasteiger partial charge is 0.353 e. The highest BCUT2D eigenvalue weighted by molar-refractivity contribution is 9.10. The quantitative estimate of drug-likeness (QED) is 0.928. The molecular weight excluding hydrogens is 298 g/mol. The molecule has 0 aromatic heterocycles. The van der Waals surface area contributed by atoms with Crippen molar-refractivity contribution in [3.05, 3.63) is 34.3 Å². The Morgan fingerprint density at radius 1 is 1.28 bits per heavy atom. The van der Waals surface area contributed by atoms with Crippen molar-refractivity contribution in [2.45, 2.75) is 19.1 Å². The monoisotopic (exact) mass is 313 g/mol. The Kier molecular flexibility index (Phi) is 5.16. The van der Waals surface area contributed by atoms with E-state index in [9.17, 15) is 4.79 Å². The first-order chi connectivity index (χ1) is 8.75. The van der Waals surface area contributed by atoms with Gasteiger partial charge in [-0.05, 0) is 30.7 Å². The maximum absolute atomic E-state index is 11.8. The van der Waals surface area contributed by atoms with E-state index in [1.54, 1.807) is 12.1 Å². The van der Waals surface area contributed by atoms with Gasteiger partial charge in [0.1, 0.15) is 0 Å². The van der Waals surface area contributed by atoms with Crippen LogP contribution < -0.4 is 5.32 Å². The third kappa shape index (κ3) is 4.08. The lowest BCUT2D eigenvalue weighted by Gasteiger charge is -2.23. The fraction of sp³-hybridized carbons (Fsp3) is 0.462. The molecule has 0 radical (unpaired) electrons. The van der Waals surface area contributed by atoms with E-state index in [-0.39, 0.29) is 12.2 Å². The molecule has 1 amide bonds. The van der Waals surface area contributed by atoms with E-state index in [1.165, 1.54) is 0 Å². The lowest BCUT2D eigenvalue weighted by atomic mass is 10.2. The van der Waals surface area contributed by atoms with Crippen molar-refractivity contribution in [3.8, 4) is 0 Å². The van der Waals surface area contributed by atoms with Crippen molar-refractivity contribution < 1.29 is 14.3 Å². The second kappa shape index (κ2) is 6.87. The summed E-state index contributed by atoms with van der Waals surface area (Å²) in [6, 6.07) is 7.27. The van der Waals surface area contributed by atoms with E-state index in [2.05, 4.69) is 21.2 Å². The molecule has 4 nitrogen and oxygen atoms in total. The minimum absolute atomic E-state index is 0.0710. The fourth-order valence-electron chi connectivity index (χ4n) is 1.71. The summed E-state index contributed by atoms with van der Waals surface area (Å²) < 4.78 is 11.8. The Hall–Kier alpha value is -0.910. The molecule has 0 aliphatic carbocycles. The number of hydrogen-bond donors (Lipinski definition) is 1. The molecule has 0 unspecified atom stereocenters. The van der Waals surface area contributed by atoms with Crippen LogP contribution in [0.5, 0.6) is 0 Å². The molecule has 2 rings (SSSR count). The van der Waals surface area contributed by atoms with E-state index in [0.717, 1.165) is 24.1 Å². The SMILES string of the molecule is O=C(NCCC1OCCCO1)c1ccc(Br)cc1. The summed E-state index contributed by atoms with van der Waals surface area (Å²) in [6.45, 7) is 2.04. The minimum Gasteiger partial charge on any atom is -0.353 e. The zero-order valence-corrected chi connectivity index (χ0v) is 11.6. The molecule has 98 valence electrons. The Bertz CT molecular complexity index is 388. The maximum atomic E-state index is 11.8. The molecule has 1 fully saturated rings. The highest BCUT2D eigenvalue weighted by atomic mass is 79.9. The molecule has 1 heterocycles. The van der Waals surface area contributed by atoms with Gasteiger partial charge in [-0.1, -0.05) is 15.9 Å². The third-order valence-corrected chi connectivity index (χ3v) is 3.20. The van der Waals surface area contributed by atoms with Crippen LogP contribution in [0, 0.1) is 0 Å². The number of amides is 1. The molecular formula is C13H16BrNO3. The number of halogens is 1. The van der Waals surface area contributed by atoms with E-state index >= 15 is 0 Å². The Morgan fingerprint density at radius 2 is 1.94 bits per heavy atom. The van der Waals surface area contributed by atoms with Crippen molar-refractivity contribution in [1.82, 2.24) is 5.32 Å². The molecule has 1 aliphatic heterocycles. The zero-order chi connectivity index (χ0) is 12.8. The van der Waals surface area contributed by atoms with Gasteiger partial charge in [-0.15, -0.1) is 0 Å². The Morgan fingerprint density at radius 3 is 2.61 bits per heavy atom. The maximum Gasteiger partial charge on any atom is 0.251 e. The molecule has 5 heteroatoms. The van der Waals surface area contributed by atoms with Crippen LogP contribution in [0.3, 0.4) is 0 Å². The zero-order valence-electron chi connectivity index (χ0n) is 10.0. The van der Waals surface area contributed by atoms with E-state index in [4.69, 9.17) is 9.47 Å². The van der Waals surface area contributed by atoms with Crippen molar-refractivity contribution in [3.63, 3.8) is 0 Å². The molecule has 0 saturated carbocycles. The van der Waals surface area contributed by atoms with Gasteiger partial charge < -0.3 is 14.8 Å². The van der Waals surface area contributed by atoms with Gasteiger partial charge in [0.05, 0.1) is 13.2 Å². The summed E-state index contributed by atoms with van der Waals surface area (Å²) >= 11 is 3.33. The molecule has 1 saturated heterocycles. The lowest BCUT2D eigenvalue weighted by Crippen LogP contribution is -2.31. The van der Waals surface area contributed by atoms with Gasteiger partial charge in [0.2, 0.25) is 0 Å². The summed E-state index contributed by atoms with van der Waals surface area (Å²) in [6.07, 6.45) is 1.45. The first-order valence-corrected chi connectivity index (χ1v) is 6.82.